The summed E-state index contributed by atoms with van der Waals surface area (Å²) in [5, 5.41) is 13.2. The summed E-state index contributed by atoms with van der Waals surface area (Å²) >= 11 is 0. The quantitative estimate of drug-likeness (QED) is 0.866. The van der Waals surface area contributed by atoms with E-state index in [-0.39, 0.29) is 5.92 Å². The zero-order valence-corrected chi connectivity index (χ0v) is 11.3. The van der Waals surface area contributed by atoms with Gasteiger partial charge in [-0.15, -0.1) is 0 Å². The van der Waals surface area contributed by atoms with Crippen LogP contribution in [-0.4, -0.2) is 26.2 Å². The Balaban J connectivity index is 1.78. The van der Waals surface area contributed by atoms with Gasteiger partial charge in [-0.3, -0.25) is 9.78 Å². The number of allylic oxidation sites excluding steroid dienone is 2. The molecule has 0 spiro atoms. The Hall–Kier alpha value is -2.50. The topological polar surface area (TPSA) is 89.1 Å². The van der Waals surface area contributed by atoms with Crippen LogP contribution in [0.5, 0.6) is 0 Å². The molecule has 0 bridgehead atoms. The Labute approximate surface area is 121 Å². The minimum Gasteiger partial charge on any atom is -0.481 e. The van der Waals surface area contributed by atoms with Crippen molar-refractivity contribution in [1.82, 2.24) is 15.1 Å². The summed E-state index contributed by atoms with van der Waals surface area (Å²) in [4.78, 5) is 19.7. The summed E-state index contributed by atoms with van der Waals surface area (Å²) in [6.07, 6.45) is 8.96. The highest BCUT2D eigenvalue weighted by Gasteiger charge is 2.33. The van der Waals surface area contributed by atoms with Gasteiger partial charge in [0.2, 0.25) is 5.89 Å². The van der Waals surface area contributed by atoms with Crippen LogP contribution < -0.4 is 0 Å². The lowest BCUT2D eigenvalue weighted by molar-refractivity contribution is -0.142. The zero-order valence-electron chi connectivity index (χ0n) is 11.3. The van der Waals surface area contributed by atoms with E-state index < -0.39 is 11.9 Å². The molecule has 6 nitrogen and oxygen atoms in total. The molecule has 2 heterocycles. The molecule has 2 aromatic heterocycles. The molecule has 0 saturated carbocycles. The molecule has 0 aliphatic heterocycles. The second-order valence-corrected chi connectivity index (χ2v) is 5.08. The number of carboxylic acid groups (broad SMARTS) is 1. The number of rotatable bonds is 4. The number of carbonyl (C=O) groups is 1. The van der Waals surface area contributed by atoms with Crippen molar-refractivity contribution in [3.8, 4) is 0 Å². The maximum atomic E-state index is 11.3. The Kier molecular flexibility index (Phi) is 3.77. The molecule has 108 valence electrons. The van der Waals surface area contributed by atoms with Gasteiger partial charge in [-0.2, -0.15) is 4.98 Å². The lowest BCUT2D eigenvalue weighted by atomic mass is 9.83. The number of aliphatic carboxylic acids is 1. The van der Waals surface area contributed by atoms with Crippen molar-refractivity contribution < 1.29 is 14.4 Å². The van der Waals surface area contributed by atoms with E-state index in [2.05, 4.69) is 15.1 Å². The van der Waals surface area contributed by atoms with E-state index in [4.69, 9.17) is 4.52 Å². The van der Waals surface area contributed by atoms with Crippen LogP contribution in [0, 0.1) is 5.92 Å². The first kappa shape index (κ1) is 13.5. The summed E-state index contributed by atoms with van der Waals surface area (Å²) in [6.45, 7) is 0. The molecule has 1 aliphatic carbocycles. The summed E-state index contributed by atoms with van der Waals surface area (Å²) in [5.41, 5.74) is 0.989. The molecule has 0 unspecified atom stereocenters. The fourth-order valence-electron chi connectivity index (χ4n) is 2.54. The lowest BCUT2D eigenvalue weighted by Gasteiger charge is -2.21. The standard InChI is InChI=1S/C15H15N3O3/c19-15(20)12-6-2-1-5-11(12)14-17-13(18-21-14)8-10-4-3-7-16-9-10/h1-4,7,9,11-12H,5-6,8H2,(H,19,20)/t11-,12+/m1/s1. The molecule has 0 radical (unpaired) electrons. The molecule has 1 N–H and O–H groups in total. The molecule has 21 heavy (non-hydrogen) atoms. The number of pyridine rings is 1. The molecule has 2 atom stereocenters. The molecular weight excluding hydrogens is 270 g/mol. The van der Waals surface area contributed by atoms with E-state index >= 15 is 0 Å². The highest BCUT2D eigenvalue weighted by Crippen LogP contribution is 2.33. The van der Waals surface area contributed by atoms with E-state index in [1.807, 2.05) is 24.3 Å². The molecule has 0 amide bonds. The summed E-state index contributed by atoms with van der Waals surface area (Å²) < 4.78 is 5.28. The first-order valence-corrected chi connectivity index (χ1v) is 6.83. The molecule has 0 saturated heterocycles. The Bertz CT molecular complexity index is 651. The van der Waals surface area contributed by atoms with E-state index in [0.29, 0.717) is 31.0 Å². The highest BCUT2D eigenvalue weighted by atomic mass is 16.5. The first-order valence-electron chi connectivity index (χ1n) is 6.83. The van der Waals surface area contributed by atoms with E-state index in [0.717, 1.165) is 5.56 Å². The summed E-state index contributed by atoms with van der Waals surface area (Å²) in [6, 6.07) is 3.79. The van der Waals surface area contributed by atoms with Crippen molar-refractivity contribution in [1.29, 1.82) is 0 Å². The third kappa shape index (κ3) is 2.99. The molecule has 0 aromatic carbocycles. The van der Waals surface area contributed by atoms with Crippen molar-refractivity contribution in [2.75, 3.05) is 0 Å². The number of nitrogens with zero attached hydrogens (tertiary/aromatic N) is 3. The lowest BCUT2D eigenvalue weighted by Crippen LogP contribution is -2.23. The fourth-order valence-corrected chi connectivity index (χ4v) is 2.54. The molecule has 3 rings (SSSR count). The van der Waals surface area contributed by atoms with Crippen molar-refractivity contribution in [3.05, 3.63) is 54.0 Å². The van der Waals surface area contributed by atoms with Gasteiger partial charge in [0.25, 0.3) is 0 Å². The van der Waals surface area contributed by atoms with E-state index in [1.54, 1.807) is 12.4 Å². The average Bonchev–Trinajstić information content (AvgIpc) is 2.96. The Morgan fingerprint density at radius 2 is 2.24 bits per heavy atom. The van der Waals surface area contributed by atoms with Gasteiger partial charge in [-0.1, -0.05) is 23.4 Å². The largest absolute Gasteiger partial charge is 0.481 e. The van der Waals surface area contributed by atoms with Crippen LogP contribution in [-0.2, 0) is 11.2 Å². The Morgan fingerprint density at radius 3 is 3.00 bits per heavy atom. The summed E-state index contributed by atoms with van der Waals surface area (Å²) in [5.74, 6) is -0.608. The SMILES string of the molecule is O=C(O)[C@H]1CC=CC[C@H]1c1nc(Cc2cccnc2)no1. The molecule has 0 fully saturated rings. The van der Waals surface area contributed by atoms with Gasteiger partial charge in [0, 0.05) is 18.8 Å². The second-order valence-electron chi connectivity index (χ2n) is 5.08. The van der Waals surface area contributed by atoms with Crippen molar-refractivity contribution in [3.63, 3.8) is 0 Å². The Morgan fingerprint density at radius 1 is 1.38 bits per heavy atom. The zero-order chi connectivity index (χ0) is 14.7. The normalized spacial score (nSPS) is 21.3. The second kappa shape index (κ2) is 5.87. The third-order valence-corrected chi connectivity index (χ3v) is 3.64. The third-order valence-electron chi connectivity index (χ3n) is 3.64. The smallest absolute Gasteiger partial charge is 0.307 e. The van der Waals surface area contributed by atoms with Crippen LogP contribution >= 0.6 is 0 Å². The minimum atomic E-state index is -0.823. The van der Waals surface area contributed by atoms with Gasteiger partial charge in [0.05, 0.1) is 11.8 Å². The highest BCUT2D eigenvalue weighted by molar-refractivity contribution is 5.71. The first-order chi connectivity index (χ1) is 10.2. The summed E-state index contributed by atoms with van der Waals surface area (Å²) in [7, 11) is 0. The van der Waals surface area contributed by atoms with Gasteiger partial charge < -0.3 is 9.63 Å². The fraction of sp³-hybridized carbons (Fsp3) is 0.333. The van der Waals surface area contributed by atoms with Crippen molar-refractivity contribution in [2.45, 2.75) is 25.2 Å². The van der Waals surface area contributed by atoms with Crippen LogP contribution in [0.4, 0.5) is 0 Å². The van der Waals surface area contributed by atoms with Crippen LogP contribution in [0.1, 0.15) is 36.0 Å². The monoisotopic (exact) mass is 285 g/mol. The molecule has 1 aliphatic rings. The van der Waals surface area contributed by atoms with Gasteiger partial charge in [-0.05, 0) is 24.5 Å². The minimum absolute atomic E-state index is 0.248. The molecular formula is C15H15N3O3. The van der Waals surface area contributed by atoms with Gasteiger partial charge in [0.15, 0.2) is 5.82 Å². The maximum absolute atomic E-state index is 11.3. The maximum Gasteiger partial charge on any atom is 0.307 e. The number of hydrogen-bond donors (Lipinski definition) is 1. The van der Waals surface area contributed by atoms with Crippen LogP contribution in [0.3, 0.4) is 0 Å². The van der Waals surface area contributed by atoms with Crippen LogP contribution in [0.15, 0.2) is 41.2 Å². The van der Waals surface area contributed by atoms with Gasteiger partial charge in [-0.25, -0.2) is 0 Å². The van der Waals surface area contributed by atoms with Gasteiger partial charge in [0.1, 0.15) is 0 Å². The van der Waals surface area contributed by atoms with Crippen LogP contribution in [0.25, 0.3) is 0 Å². The van der Waals surface area contributed by atoms with Crippen LogP contribution in [0.2, 0.25) is 0 Å². The molecule has 6 heteroatoms. The predicted molar refractivity (Wildman–Crippen MR) is 73.6 cm³/mol. The van der Waals surface area contributed by atoms with Gasteiger partial charge >= 0.3 is 5.97 Å². The number of hydrogen-bond acceptors (Lipinski definition) is 5. The van der Waals surface area contributed by atoms with E-state index in [9.17, 15) is 9.90 Å². The average molecular weight is 285 g/mol. The van der Waals surface area contributed by atoms with Crippen molar-refractivity contribution >= 4 is 5.97 Å². The predicted octanol–water partition coefficient (Wildman–Crippen LogP) is 2.19. The van der Waals surface area contributed by atoms with Crippen molar-refractivity contribution in [2.24, 2.45) is 5.92 Å². The molecule has 2 aromatic rings. The number of carboxylic acids is 1. The van der Waals surface area contributed by atoms with E-state index in [1.165, 1.54) is 0 Å². The number of aromatic nitrogens is 3.